The lowest BCUT2D eigenvalue weighted by Crippen LogP contribution is -1.90. The fourth-order valence-electron chi connectivity index (χ4n) is 0.787. The van der Waals surface area contributed by atoms with E-state index in [0.717, 1.165) is 0 Å². The molecule has 1 rings (SSSR count). The third-order valence-electron chi connectivity index (χ3n) is 1.32. The molecule has 0 saturated carbocycles. The highest BCUT2D eigenvalue weighted by atomic mass is 16.5. The summed E-state index contributed by atoms with van der Waals surface area (Å²) in [5, 5.41) is 0. The van der Waals surface area contributed by atoms with Crippen LogP contribution in [-0.4, -0.2) is 12.9 Å². The highest BCUT2D eigenvalue weighted by Crippen LogP contribution is 2.12. The Balaban J connectivity index is 2.58. The van der Waals surface area contributed by atoms with Gasteiger partial charge in [0.05, 0.1) is 0 Å². The topological polar surface area (TPSA) is 52.6 Å². The highest BCUT2D eigenvalue weighted by Gasteiger charge is 1.95. The van der Waals surface area contributed by atoms with Crippen LogP contribution in [0.2, 0.25) is 0 Å². The second kappa shape index (κ2) is 4.92. The van der Waals surface area contributed by atoms with Crippen molar-refractivity contribution < 1.29 is 19.1 Å². The van der Waals surface area contributed by atoms with Gasteiger partial charge in [0.15, 0.2) is 6.61 Å². The van der Waals surface area contributed by atoms with Crippen LogP contribution >= 0.6 is 0 Å². The van der Waals surface area contributed by atoms with Crippen molar-refractivity contribution in [1.82, 2.24) is 0 Å². The summed E-state index contributed by atoms with van der Waals surface area (Å²) in [7, 11) is 0. The summed E-state index contributed by atoms with van der Waals surface area (Å²) >= 11 is 0. The minimum atomic E-state index is 0.329. The quantitative estimate of drug-likeness (QED) is 0.630. The summed E-state index contributed by atoms with van der Waals surface area (Å²) in [5.74, 6) is 0.443. The van der Waals surface area contributed by atoms with Crippen molar-refractivity contribution in [3.63, 3.8) is 0 Å². The molecule has 0 aliphatic carbocycles. The van der Waals surface area contributed by atoms with Crippen LogP contribution in [-0.2, 0) is 14.3 Å². The summed E-state index contributed by atoms with van der Waals surface area (Å²) in [4.78, 5) is 19.8. The normalized spacial score (nSPS) is 8.92. The molecule has 0 bridgehead atoms. The lowest BCUT2D eigenvalue weighted by Gasteiger charge is -1.99. The SMILES string of the molecule is O=CO[CH]c1ccc(OC=O)cc1. The van der Waals surface area contributed by atoms with Gasteiger partial charge in [-0.1, -0.05) is 12.1 Å². The lowest BCUT2D eigenvalue weighted by atomic mass is 10.2. The number of carbonyl (C=O) groups excluding carboxylic acids is 2. The molecule has 0 heterocycles. The monoisotopic (exact) mass is 179 g/mol. The Morgan fingerprint density at radius 3 is 2.23 bits per heavy atom. The largest absolute Gasteiger partial charge is 0.455 e. The van der Waals surface area contributed by atoms with Gasteiger partial charge in [-0.25, -0.2) is 0 Å². The molecule has 0 aliphatic heterocycles. The Bertz CT molecular complexity index is 278. The van der Waals surface area contributed by atoms with Crippen molar-refractivity contribution in [2.24, 2.45) is 0 Å². The Kier molecular flexibility index (Phi) is 3.50. The van der Waals surface area contributed by atoms with E-state index in [1.54, 1.807) is 24.3 Å². The van der Waals surface area contributed by atoms with E-state index in [1.807, 2.05) is 0 Å². The molecule has 0 aromatic heterocycles. The van der Waals surface area contributed by atoms with E-state index in [-0.39, 0.29) is 0 Å². The summed E-state index contributed by atoms with van der Waals surface area (Å²) in [5.41, 5.74) is 0.713. The maximum absolute atomic E-state index is 9.93. The molecule has 1 aromatic carbocycles. The molecular formula is C9H7O4. The van der Waals surface area contributed by atoms with Crippen molar-refractivity contribution >= 4 is 12.9 Å². The molecule has 0 spiro atoms. The summed E-state index contributed by atoms with van der Waals surface area (Å²) in [6.07, 6.45) is 0. The lowest BCUT2D eigenvalue weighted by molar-refractivity contribution is -0.125. The van der Waals surface area contributed by atoms with Crippen molar-refractivity contribution in [2.45, 2.75) is 0 Å². The van der Waals surface area contributed by atoms with Gasteiger partial charge < -0.3 is 9.47 Å². The van der Waals surface area contributed by atoms with E-state index < -0.39 is 0 Å². The first-order chi connectivity index (χ1) is 6.36. The minimum Gasteiger partial charge on any atom is -0.455 e. The molecular weight excluding hydrogens is 172 g/mol. The first kappa shape index (κ1) is 9.25. The van der Waals surface area contributed by atoms with E-state index in [0.29, 0.717) is 24.3 Å². The summed E-state index contributed by atoms with van der Waals surface area (Å²) in [6, 6.07) is 6.49. The van der Waals surface area contributed by atoms with Crippen LogP contribution in [0.1, 0.15) is 5.56 Å². The van der Waals surface area contributed by atoms with E-state index in [2.05, 4.69) is 9.47 Å². The van der Waals surface area contributed by atoms with Crippen LogP contribution in [0.25, 0.3) is 0 Å². The fourth-order valence-corrected chi connectivity index (χ4v) is 0.787. The zero-order valence-electron chi connectivity index (χ0n) is 6.67. The van der Waals surface area contributed by atoms with Crippen LogP contribution in [0.15, 0.2) is 24.3 Å². The van der Waals surface area contributed by atoms with E-state index >= 15 is 0 Å². The van der Waals surface area contributed by atoms with Crippen LogP contribution in [0.4, 0.5) is 0 Å². The number of hydrogen-bond acceptors (Lipinski definition) is 4. The molecule has 0 atom stereocenters. The first-order valence-corrected chi connectivity index (χ1v) is 3.49. The predicted octanol–water partition coefficient (Wildman–Crippen LogP) is 0.905. The first-order valence-electron chi connectivity index (χ1n) is 3.49. The second-order valence-corrected chi connectivity index (χ2v) is 2.13. The number of ether oxygens (including phenoxy) is 2. The van der Waals surface area contributed by atoms with E-state index in [9.17, 15) is 9.59 Å². The molecule has 0 amide bonds. The van der Waals surface area contributed by atoms with Gasteiger partial charge in [0, 0.05) is 0 Å². The van der Waals surface area contributed by atoms with Gasteiger partial charge in [0.25, 0.3) is 12.9 Å². The van der Waals surface area contributed by atoms with Gasteiger partial charge in [-0.05, 0) is 17.7 Å². The van der Waals surface area contributed by atoms with Crippen molar-refractivity contribution in [3.05, 3.63) is 36.4 Å². The van der Waals surface area contributed by atoms with Crippen molar-refractivity contribution in [2.75, 3.05) is 0 Å². The highest BCUT2D eigenvalue weighted by molar-refractivity contribution is 5.46. The summed E-state index contributed by atoms with van der Waals surface area (Å²) in [6.45, 7) is 1.97. The Hall–Kier alpha value is -1.84. The van der Waals surface area contributed by atoms with Gasteiger partial charge in [0.2, 0.25) is 0 Å². The summed E-state index contributed by atoms with van der Waals surface area (Å²) < 4.78 is 8.96. The third-order valence-corrected chi connectivity index (χ3v) is 1.32. The molecule has 0 N–H and O–H groups in total. The van der Waals surface area contributed by atoms with Crippen LogP contribution in [0.5, 0.6) is 5.75 Å². The second-order valence-electron chi connectivity index (χ2n) is 2.13. The molecule has 1 aromatic rings. The Labute approximate surface area is 75.1 Å². The van der Waals surface area contributed by atoms with Gasteiger partial charge in [-0.3, -0.25) is 9.59 Å². The maximum Gasteiger partial charge on any atom is 0.298 e. The minimum absolute atomic E-state index is 0.329. The van der Waals surface area contributed by atoms with Gasteiger partial charge in [-0.15, -0.1) is 0 Å². The van der Waals surface area contributed by atoms with E-state index in [4.69, 9.17) is 0 Å². The molecule has 67 valence electrons. The van der Waals surface area contributed by atoms with Crippen LogP contribution in [0, 0.1) is 6.61 Å². The zero-order chi connectivity index (χ0) is 9.52. The zero-order valence-corrected chi connectivity index (χ0v) is 6.67. The Morgan fingerprint density at radius 1 is 1.00 bits per heavy atom. The smallest absolute Gasteiger partial charge is 0.298 e. The number of hydrogen-bond donors (Lipinski definition) is 0. The number of rotatable bonds is 5. The van der Waals surface area contributed by atoms with Gasteiger partial charge in [0.1, 0.15) is 5.75 Å². The molecule has 0 saturated heterocycles. The predicted molar refractivity (Wildman–Crippen MR) is 43.7 cm³/mol. The molecule has 0 aliphatic rings. The van der Waals surface area contributed by atoms with Crippen molar-refractivity contribution in [3.8, 4) is 5.75 Å². The van der Waals surface area contributed by atoms with Crippen LogP contribution < -0.4 is 4.74 Å². The fraction of sp³-hybridized carbons (Fsp3) is 0. The van der Waals surface area contributed by atoms with E-state index in [1.165, 1.54) is 6.61 Å². The molecule has 1 radical (unpaired) electrons. The average molecular weight is 179 g/mol. The molecule has 4 nitrogen and oxygen atoms in total. The molecule has 4 heteroatoms. The van der Waals surface area contributed by atoms with Gasteiger partial charge in [-0.2, -0.15) is 0 Å². The Morgan fingerprint density at radius 2 is 1.69 bits per heavy atom. The number of benzene rings is 1. The number of carbonyl (C=O) groups is 2. The van der Waals surface area contributed by atoms with Crippen LogP contribution in [0.3, 0.4) is 0 Å². The van der Waals surface area contributed by atoms with Crippen molar-refractivity contribution in [1.29, 1.82) is 0 Å². The maximum atomic E-state index is 9.93. The molecule has 13 heavy (non-hydrogen) atoms. The average Bonchev–Trinajstić information content (AvgIpc) is 2.17. The molecule has 0 fully saturated rings. The standard InChI is InChI=1S/C9H7O4/c10-6-12-5-8-1-3-9(4-2-8)13-7-11/h1-7H. The van der Waals surface area contributed by atoms with Gasteiger partial charge >= 0.3 is 0 Å². The molecule has 0 unspecified atom stereocenters. The third kappa shape index (κ3) is 2.94.